The van der Waals surface area contributed by atoms with Crippen LogP contribution in [0.4, 0.5) is 0 Å². The number of carbonyl (C=O) groups is 1. The van der Waals surface area contributed by atoms with Gasteiger partial charge in [0.25, 0.3) is 0 Å². The minimum atomic E-state index is -2.68. The summed E-state index contributed by atoms with van der Waals surface area (Å²) in [5.74, 6) is -0.0288. The summed E-state index contributed by atoms with van der Waals surface area (Å²) in [5.41, 5.74) is 1.25. The number of ketones is 1. The second kappa shape index (κ2) is 7.56. The van der Waals surface area contributed by atoms with Gasteiger partial charge in [0.05, 0.1) is 0 Å². The number of carbonyl (C=O) groups excluding carboxylic acids is 1. The highest BCUT2D eigenvalue weighted by molar-refractivity contribution is 7.32. The Kier molecular flexibility index (Phi) is 6.45. The van der Waals surface area contributed by atoms with E-state index in [0.717, 1.165) is 0 Å². The molecule has 0 aliphatic carbocycles. The molecule has 6 heteroatoms. The predicted octanol–water partition coefficient (Wildman–Crippen LogP) is 4.39. The van der Waals surface area contributed by atoms with Crippen LogP contribution in [0.15, 0.2) is 24.3 Å². The Labute approximate surface area is 144 Å². The summed E-state index contributed by atoms with van der Waals surface area (Å²) in [6.45, 7) is 11.7. The van der Waals surface area contributed by atoms with Gasteiger partial charge < -0.3 is 5.11 Å². The van der Waals surface area contributed by atoms with Crippen molar-refractivity contribution in [3.8, 4) is 5.75 Å². The van der Waals surface area contributed by atoms with E-state index in [1.165, 1.54) is 12.2 Å². The zero-order valence-corrected chi connectivity index (χ0v) is 16.0. The van der Waals surface area contributed by atoms with Crippen molar-refractivity contribution in [2.45, 2.75) is 52.4 Å². The predicted molar refractivity (Wildman–Crippen MR) is 94.8 cm³/mol. The van der Waals surface area contributed by atoms with Crippen molar-refractivity contribution in [1.82, 2.24) is 0 Å². The van der Waals surface area contributed by atoms with E-state index < -0.39 is 8.25 Å². The van der Waals surface area contributed by atoms with Gasteiger partial charge in [-0.1, -0.05) is 41.5 Å². The Morgan fingerprint density at radius 2 is 1.58 bits per heavy atom. The van der Waals surface area contributed by atoms with Gasteiger partial charge in [-0.05, 0) is 35.1 Å². The van der Waals surface area contributed by atoms with E-state index in [-0.39, 0.29) is 29.0 Å². The average Bonchev–Trinajstić information content (AvgIpc) is 2.40. The van der Waals surface area contributed by atoms with Crippen molar-refractivity contribution < 1.29 is 23.9 Å². The number of rotatable bonds is 5. The van der Waals surface area contributed by atoms with E-state index >= 15 is 0 Å². The Balaban J connectivity index is 3.29. The number of phenols is 1. The van der Waals surface area contributed by atoms with Gasteiger partial charge in [-0.25, -0.2) is 0 Å². The highest BCUT2D eigenvalue weighted by Gasteiger charge is 2.27. The molecule has 0 spiro atoms. The third-order valence-electron chi connectivity index (χ3n) is 3.56. The fraction of sp³-hybridized carbons (Fsp3) is 0.500. The minimum absolute atomic E-state index is 0.117. The summed E-state index contributed by atoms with van der Waals surface area (Å²) in [7, 11) is -2.68. The number of hydrogen-bond acceptors (Lipinski definition) is 4. The highest BCUT2D eigenvalue weighted by atomic mass is 31.1. The van der Waals surface area contributed by atoms with Crippen LogP contribution in [0, 0.1) is 0 Å². The summed E-state index contributed by atoms with van der Waals surface area (Å²) in [4.78, 5) is 21.0. The fourth-order valence-electron chi connectivity index (χ4n) is 2.28. The Hall–Kier alpha value is -1.55. The van der Waals surface area contributed by atoms with Crippen molar-refractivity contribution in [3.63, 3.8) is 0 Å². The summed E-state index contributed by atoms with van der Waals surface area (Å²) in [6.07, 6.45) is 2.70. The summed E-state index contributed by atoms with van der Waals surface area (Å²) < 4.78 is 14.9. The molecule has 1 atom stereocenters. The molecule has 132 valence electrons. The van der Waals surface area contributed by atoms with Gasteiger partial charge in [0.1, 0.15) is 12.4 Å². The highest BCUT2D eigenvalue weighted by Crippen LogP contribution is 2.39. The SMILES string of the molecule is CC(C)(C)c1cc(C(=O)C=CCO[P+](=O)O)cc(C(C)(C)C)c1O. The maximum absolute atomic E-state index is 12.4. The van der Waals surface area contributed by atoms with Gasteiger partial charge in [0, 0.05) is 21.3 Å². The van der Waals surface area contributed by atoms with Crippen molar-refractivity contribution in [3.05, 3.63) is 41.0 Å². The molecule has 0 saturated heterocycles. The van der Waals surface area contributed by atoms with Crippen LogP contribution in [0.5, 0.6) is 5.75 Å². The van der Waals surface area contributed by atoms with Gasteiger partial charge in [0.15, 0.2) is 5.78 Å². The van der Waals surface area contributed by atoms with E-state index in [0.29, 0.717) is 16.7 Å². The standard InChI is InChI=1S/C18H25O5P/c1-17(2,3)13-10-12(11-14(16(13)20)18(4,5)6)15(19)8-7-9-23-24(21)22/h7-8,10-11H,9H2,1-6H3,(H-,19,20,21,22)/p+1. The molecule has 2 N–H and O–H groups in total. The van der Waals surface area contributed by atoms with E-state index in [4.69, 9.17) is 4.89 Å². The Morgan fingerprint density at radius 1 is 1.12 bits per heavy atom. The minimum Gasteiger partial charge on any atom is -0.507 e. The summed E-state index contributed by atoms with van der Waals surface area (Å²) in [6, 6.07) is 3.40. The molecule has 24 heavy (non-hydrogen) atoms. The van der Waals surface area contributed by atoms with Gasteiger partial charge >= 0.3 is 8.25 Å². The van der Waals surface area contributed by atoms with Crippen LogP contribution >= 0.6 is 8.25 Å². The summed E-state index contributed by atoms with van der Waals surface area (Å²) in [5, 5.41) is 10.6. The average molecular weight is 353 g/mol. The molecule has 0 aliphatic heterocycles. The topological polar surface area (TPSA) is 83.8 Å². The van der Waals surface area contributed by atoms with Crippen LogP contribution in [0.2, 0.25) is 0 Å². The molecule has 0 heterocycles. The number of allylic oxidation sites excluding steroid dienone is 1. The van der Waals surface area contributed by atoms with Gasteiger partial charge in [-0.2, -0.15) is 0 Å². The molecule has 0 aromatic heterocycles. The molecule has 1 aromatic rings. The Bertz CT molecular complexity index is 628. The molecule has 5 nitrogen and oxygen atoms in total. The second-order valence-electron chi connectivity index (χ2n) is 7.72. The number of hydrogen-bond donors (Lipinski definition) is 2. The van der Waals surface area contributed by atoms with Crippen LogP contribution in [0.25, 0.3) is 0 Å². The van der Waals surface area contributed by atoms with Gasteiger partial charge in [-0.15, -0.1) is 9.42 Å². The van der Waals surface area contributed by atoms with E-state index in [2.05, 4.69) is 4.52 Å². The number of aromatic hydroxyl groups is 1. The molecule has 0 amide bonds. The quantitative estimate of drug-likeness (QED) is 0.466. The zero-order chi connectivity index (χ0) is 18.7. The molecule has 0 aliphatic rings. The van der Waals surface area contributed by atoms with Crippen molar-refractivity contribution in [1.29, 1.82) is 0 Å². The largest absolute Gasteiger partial charge is 0.695 e. The summed E-state index contributed by atoms with van der Waals surface area (Å²) >= 11 is 0. The first-order valence-electron chi connectivity index (χ1n) is 7.72. The molecular weight excluding hydrogens is 327 g/mol. The molecule has 0 saturated carbocycles. The maximum atomic E-state index is 12.4. The second-order valence-corrected chi connectivity index (χ2v) is 8.45. The lowest BCUT2D eigenvalue weighted by atomic mass is 9.78. The molecule has 1 aromatic carbocycles. The lowest BCUT2D eigenvalue weighted by molar-refractivity contribution is 0.104. The maximum Gasteiger partial charge on any atom is 0.695 e. The molecule has 0 radical (unpaired) electrons. The van der Waals surface area contributed by atoms with Gasteiger partial charge in [-0.3, -0.25) is 4.79 Å². The van der Waals surface area contributed by atoms with Crippen LogP contribution in [0.1, 0.15) is 63.0 Å². The van der Waals surface area contributed by atoms with E-state index in [9.17, 15) is 14.5 Å². The number of benzene rings is 1. The molecule has 0 bridgehead atoms. The van der Waals surface area contributed by atoms with Crippen LogP contribution in [-0.4, -0.2) is 22.4 Å². The molecule has 1 unspecified atom stereocenters. The van der Waals surface area contributed by atoms with Crippen molar-refractivity contribution >= 4 is 14.0 Å². The van der Waals surface area contributed by atoms with Crippen LogP contribution in [0.3, 0.4) is 0 Å². The van der Waals surface area contributed by atoms with E-state index in [1.807, 2.05) is 41.5 Å². The van der Waals surface area contributed by atoms with Crippen molar-refractivity contribution in [2.24, 2.45) is 0 Å². The molecule has 1 rings (SSSR count). The third-order valence-corrected chi connectivity index (χ3v) is 3.93. The fourth-order valence-corrected chi connectivity index (χ4v) is 2.49. The Morgan fingerprint density at radius 3 is 1.96 bits per heavy atom. The lowest BCUT2D eigenvalue weighted by Crippen LogP contribution is -2.18. The van der Waals surface area contributed by atoms with Gasteiger partial charge in [0.2, 0.25) is 0 Å². The lowest BCUT2D eigenvalue weighted by Gasteiger charge is -2.27. The van der Waals surface area contributed by atoms with Crippen LogP contribution in [-0.2, 0) is 19.9 Å². The third kappa shape index (κ3) is 5.52. The first kappa shape index (κ1) is 20.5. The zero-order valence-electron chi connectivity index (χ0n) is 15.1. The normalized spacial score (nSPS) is 13.4. The first-order chi connectivity index (χ1) is 10.8. The monoisotopic (exact) mass is 353 g/mol. The number of phenolic OH excluding ortho intramolecular Hbond substituents is 1. The molecular formula is C18H26O5P+. The van der Waals surface area contributed by atoms with Crippen LogP contribution < -0.4 is 0 Å². The van der Waals surface area contributed by atoms with Crippen molar-refractivity contribution in [2.75, 3.05) is 6.61 Å². The van der Waals surface area contributed by atoms with E-state index in [1.54, 1.807) is 12.1 Å². The molecule has 0 fully saturated rings. The first-order valence-corrected chi connectivity index (χ1v) is 8.85. The smallest absolute Gasteiger partial charge is 0.507 e.